The second-order valence-electron chi connectivity index (χ2n) is 10.4. The Balaban J connectivity index is 2.09. The topological polar surface area (TPSA) is 149 Å². The number of halogens is 1. The molecular formula is C21H32FN3O8. The number of nitrogens with one attached hydrogen (secondary N) is 1. The van der Waals surface area contributed by atoms with Crippen LogP contribution in [0.4, 0.5) is 15.0 Å². The Morgan fingerprint density at radius 2 is 1.70 bits per heavy atom. The van der Waals surface area contributed by atoms with Gasteiger partial charge in [-0.25, -0.2) is 14.0 Å². The average Bonchev–Trinajstić information content (AvgIpc) is 2.94. The van der Waals surface area contributed by atoms with Gasteiger partial charge in [0.2, 0.25) is 0 Å². The van der Waals surface area contributed by atoms with Crippen molar-refractivity contribution in [2.75, 3.05) is 18.5 Å². The summed E-state index contributed by atoms with van der Waals surface area (Å²) in [5.41, 5.74) is -1.65. The van der Waals surface area contributed by atoms with Crippen LogP contribution in [0.3, 0.4) is 0 Å². The molecule has 11 nitrogen and oxygen atoms in total. The number of amides is 1. The van der Waals surface area contributed by atoms with Gasteiger partial charge in [0.1, 0.15) is 12.2 Å². The molecule has 186 valence electrons. The number of hydrogen-bond donors (Lipinski definition) is 3. The van der Waals surface area contributed by atoms with E-state index in [1.54, 1.807) is 0 Å². The predicted octanol–water partition coefficient (Wildman–Crippen LogP) is 1.58. The fraction of sp³-hybridized carbons (Fsp3) is 0.714. The minimum absolute atomic E-state index is 0.0527. The Bertz CT molecular complexity index is 922. The quantitative estimate of drug-likeness (QED) is 0.523. The standard InChI is InChI=1S/C21H32FN3O8/c1-20(2,3)9-31-13(26)7-12-14(27)15(28)17(33-12)25-8-11(22)16(23-18(25)29)24-19(30)32-10-21(4,5)6/h8,12,14-15,17,27-28H,7,9-10H2,1-6H3,(H,23,24,29,30)/t12-,14-,15-,17-/m1/s1. The summed E-state index contributed by atoms with van der Waals surface area (Å²) in [6.45, 7) is 11.3. The maximum absolute atomic E-state index is 14.5. The summed E-state index contributed by atoms with van der Waals surface area (Å²) in [4.78, 5) is 39.7. The lowest BCUT2D eigenvalue weighted by atomic mass is 9.99. The molecule has 1 fully saturated rings. The number of esters is 1. The van der Waals surface area contributed by atoms with E-state index in [-0.39, 0.29) is 30.5 Å². The lowest BCUT2D eigenvalue weighted by Crippen LogP contribution is -2.36. The van der Waals surface area contributed by atoms with Gasteiger partial charge >= 0.3 is 17.8 Å². The Hall–Kier alpha value is -2.57. The van der Waals surface area contributed by atoms with Gasteiger partial charge in [0.25, 0.3) is 0 Å². The van der Waals surface area contributed by atoms with Crippen molar-refractivity contribution in [2.45, 2.75) is 72.5 Å². The number of carbonyl (C=O) groups excluding carboxylic acids is 2. The van der Waals surface area contributed by atoms with Gasteiger partial charge in [0.15, 0.2) is 17.9 Å². The first-order valence-electron chi connectivity index (χ1n) is 10.5. The number of ether oxygens (including phenoxy) is 3. The molecule has 0 unspecified atom stereocenters. The van der Waals surface area contributed by atoms with Crippen LogP contribution in [0.5, 0.6) is 0 Å². The van der Waals surface area contributed by atoms with Crippen LogP contribution >= 0.6 is 0 Å². The lowest BCUT2D eigenvalue weighted by molar-refractivity contribution is -0.151. The van der Waals surface area contributed by atoms with E-state index in [4.69, 9.17) is 14.2 Å². The van der Waals surface area contributed by atoms with Crippen LogP contribution in [0.25, 0.3) is 0 Å². The number of hydrogen-bond acceptors (Lipinski definition) is 9. The summed E-state index contributed by atoms with van der Waals surface area (Å²) < 4.78 is 30.7. The Morgan fingerprint density at radius 3 is 2.27 bits per heavy atom. The zero-order chi connectivity index (χ0) is 25.1. The molecule has 0 aliphatic carbocycles. The molecule has 2 heterocycles. The molecule has 1 amide bonds. The van der Waals surface area contributed by atoms with Crippen LogP contribution in [-0.4, -0.2) is 63.4 Å². The summed E-state index contributed by atoms with van der Waals surface area (Å²) in [5, 5.41) is 22.6. The first-order chi connectivity index (χ1) is 15.1. The number of anilines is 1. The monoisotopic (exact) mass is 473 g/mol. The van der Waals surface area contributed by atoms with E-state index in [1.165, 1.54) is 0 Å². The third-order valence-electron chi connectivity index (χ3n) is 4.41. The van der Waals surface area contributed by atoms with Crippen molar-refractivity contribution in [3.05, 3.63) is 22.5 Å². The van der Waals surface area contributed by atoms with Gasteiger partial charge in [0, 0.05) is 0 Å². The third-order valence-corrected chi connectivity index (χ3v) is 4.41. The van der Waals surface area contributed by atoms with Crippen molar-refractivity contribution in [3.8, 4) is 0 Å². The minimum atomic E-state index is -1.64. The third kappa shape index (κ3) is 7.76. The lowest BCUT2D eigenvalue weighted by Gasteiger charge is -2.19. The SMILES string of the molecule is CC(C)(C)COC(=O)C[C@H]1O[C@@H](n2cc(F)c(NC(=O)OCC(C)(C)C)nc2=O)[C@H](O)[C@@H]1O. The average molecular weight is 473 g/mol. The molecule has 0 saturated carbocycles. The molecule has 3 N–H and O–H groups in total. The molecule has 0 radical (unpaired) electrons. The number of carbonyl (C=O) groups is 2. The molecule has 1 aromatic heterocycles. The smallest absolute Gasteiger partial charge is 0.412 e. The van der Waals surface area contributed by atoms with Crippen LogP contribution in [0, 0.1) is 16.6 Å². The zero-order valence-electron chi connectivity index (χ0n) is 19.6. The highest BCUT2D eigenvalue weighted by Gasteiger charge is 2.45. The molecule has 1 aliphatic heterocycles. The fourth-order valence-electron chi connectivity index (χ4n) is 2.78. The normalized spacial score (nSPS) is 23.3. The van der Waals surface area contributed by atoms with Crippen molar-refractivity contribution in [3.63, 3.8) is 0 Å². The van der Waals surface area contributed by atoms with E-state index in [1.807, 2.05) is 46.9 Å². The maximum atomic E-state index is 14.5. The molecule has 4 atom stereocenters. The second kappa shape index (κ2) is 10.1. The van der Waals surface area contributed by atoms with Gasteiger partial charge in [-0.05, 0) is 10.8 Å². The molecule has 33 heavy (non-hydrogen) atoms. The summed E-state index contributed by atoms with van der Waals surface area (Å²) in [6.07, 6.45) is -6.55. The van der Waals surface area contributed by atoms with Crippen molar-refractivity contribution in [1.82, 2.24) is 9.55 Å². The van der Waals surface area contributed by atoms with E-state index >= 15 is 0 Å². The molecular weight excluding hydrogens is 441 g/mol. The van der Waals surface area contributed by atoms with Crippen molar-refractivity contribution in [2.24, 2.45) is 10.8 Å². The molecule has 1 saturated heterocycles. The van der Waals surface area contributed by atoms with Gasteiger partial charge in [-0.1, -0.05) is 41.5 Å². The Labute approximate surface area is 190 Å². The second-order valence-corrected chi connectivity index (χ2v) is 10.4. The molecule has 2 rings (SSSR count). The van der Waals surface area contributed by atoms with Crippen LogP contribution < -0.4 is 11.0 Å². The van der Waals surface area contributed by atoms with Gasteiger partial charge in [-0.3, -0.25) is 14.7 Å². The van der Waals surface area contributed by atoms with Crippen LogP contribution in [0.2, 0.25) is 0 Å². The highest BCUT2D eigenvalue weighted by molar-refractivity contribution is 5.83. The van der Waals surface area contributed by atoms with Gasteiger partial charge in [0.05, 0.1) is 31.9 Å². The summed E-state index contributed by atoms with van der Waals surface area (Å²) in [5.74, 6) is -2.42. The molecule has 0 bridgehead atoms. The van der Waals surface area contributed by atoms with Gasteiger partial charge in [-0.2, -0.15) is 4.98 Å². The van der Waals surface area contributed by atoms with E-state index < -0.39 is 53.9 Å². The van der Waals surface area contributed by atoms with E-state index in [0.717, 1.165) is 0 Å². The molecule has 0 aromatic carbocycles. The van der Waals surface area contributed by atoms with Crippen molar-refractivity contribution >= 4 is 17.9 Å². The number of aliphatic hydroxyl groups excluding tert-OH is 2. The first kappa shape index (κ1) is 26.7. The van der Waals surface area contributed by atoms with Crippen molar-refractivity contribution in [1.29, 1.82) is 0 Å². The molecule has 1 aromatic rings. The zero-order valence-corrected chi connectivity index (χ0v) is 19.6. The predicted molar refractivity (Wildman–Crippen MR) is 114 cm³/mol. The Morgan fingerprint density at radius 1 is 1.12 bits per heavy atom. The Kier molecular flexibility index (Phi) is 8.20. The van der Waals surface area contributed by atoms with E-state index in [2.05, 4.69) is 4.98 Å². The summed E-state index contributed by atoms with van der Waals surface area (Å²) in [6, 6.07) is 0. The minimum Gasteiger partial charge on any atom is -0.465 e. The van der Waals surface area contributed by atoms with Crippen LogP contribution in [0.15, 0.2) is 11.0 Å². The van der Waals surface area contributed by atoms with E-state index in [0.29, 0.717) is 10.8 Å². The summed E-state index contributed by atoms with van der Waals surface area (Å²) >= 11 is 0. The number of nitrogens with zero attached hydrogens (tertiary/aromatic N) is 2. The number of rotatable bonds is 6. The highest BCUT2D eigenvalue weighted by atomic mass is 19.1. The largest absolute Gasteiger partial charge is 0.465 e. The number of aromatic nitrogens is 2. The molecule has 0 spiro atoms. The van der Waals surface area contributed by atoms with Gasteiger partial charge < -0.3 is 24.4 Å². The molecule has 1 aliphatic rings. The summed E-state index contributed by atoms with van der Waals surface area (Å²) in [7, 11) is 0. The van der Waals surface area contributed by atoms with Crippen LogP contribution in [0.1, 0.15) is 54.2 Å². The van der Waals surface area contributed by atoms with Gasteiger partial charge in [-0.15, -0.1) is 0 Å². The maximum Gasteiger partial charge on any atom is 0.412 e. The highest BCUT2D eigenvalue weighted by Crippen LogP contribution is 2.31. The van der Waals surface area contributed by atoms with Crippen LogP contribution in [-0.2, 0) is 19.0 Å². The molecule has 12 heteroatoms. The fourth-order valence-corrected chi connectivity index (χ4v) is 2.78. The first-order valence-corrected chi connectivity index (χ1v) is 10.5. The number of aliphatic hydroxyl groups is 2. The van der Waals surface area contributed by atoms with E-state index in [9.17, 15) is 29.0 Å². The van der Waals surface area contributed by atoms with Crippen molar-refractivity contribution < 1.29 is 38.4 Å².